The molecule has 0 aliphatic heterocycles. The number of hydrogen-bond acceptors (Lipinski definition) is 5. The van der Waals surface area contributed by atoms with Crippen LogP contribution in [0, 0.1) is 13.8 Å². The van der Waals surface area contributed by atoms with Gasteiger partial charge in [-0.2, -0.15) is 13.2 Å². The third-order valence-electron chi connectivity index (χ3n) is 5.45. The first-order valence-electron chi connectivity index (χ1n) is 10.2. The zero-order valence-corrected chi connectivity index (χ0v) is 18.0. The highest BCUT2D eigenvalue weighted by Crippen LogP contribution is 2.33. The number of aromatic nitrogens is 2. The van der Waals surface area contributed by atoms with Crippen LogP contribution in [0.1, 0.15) is 16.7 Å². The first kappa shape index (κ1) is 22.1. The summed E-state index contributed by atoms with van der Waals surface area (Å²) >= 11 is 0. The highest BCUT2D eigenvalue weighted by molar-refractivity contribution is 5.81. The Labute approximate surface area is 189 Å². The van der Waals surface area contributed by atoms with E-state index in [1.54, 1.807) is 6.07 Å². The lowest BCUT2D eigenvalue weighted by Crippen LogP contribution is -2.04. The summed E-state index contributed by atoms with van der Waals surface area (Å²) in [6.45, 7) is 3.98. The van der Waals surface area contributed by atoms with Crippen LogP contribution in [0.15, 0.2) is 73.1 Å². The number of halogens is 3. The number of nitrogen functional groups attached to an aromatic ring is 1. The summed E-state index contributed by atoms with van der Waals surface area (Å²) in [4.78, 5) is 8.60. The highest BCUT2D eigenvalue weighted by Gasteiger charge is 2.29. The molecule has 0 radical (unpaired) electrons. The Kier molecular flexibility index (Phi) is 5.91. The third kappa shape index (κ3) is 4.90. The SMILES string of the molecule is Cc1c(N)ccc(Nc2ccccc2-c2cc(Nc3ccc(C(F)(F)F)cc3)ncn2)c1C. The van der Waals surface area contributed by atoms with Crippen molar-refractivity contribution in [1.29, 1.82) is 0 Å². The Balaban J connectivity index is 1.61. The molecule has 4 N–H and O–H groups in total. The van der Waals surface area contributed by atoms with Crippen molar-refractivity contribution in [3.63, 3.8) is 0 Å². The molecular formula is C25H22F3N5. The summed E-state index contributed by atoms with van der Waals surface area (Å²) in [5.41, 5.74) is 11.9. The van der Waals surface area contributed by atoms with E-state index in [1.165, 1.54) is 18.5 Å². The van der Waals surface area contributed by atoms with Gasteiger partial charge in [-0.05, 0) is 67.4 Å². The molecule has 168 valence electrons. The minimum Gasteiger partial charge on any atom is -0.399 e. The summed E-state index contributed by atoms with van der Waals surface area (Å²) < 4.78 is 38.4. The second-order valence-electron chi connectivity index (χ2n) is 7.61. The maximum atomic E-state index is 12.8. The molecule has 4 aromatic rings. The number of para-hydroxylation sites is 1. The van der Waals surface area contributed by atoms with Crippen molar-refractivity contribution in [2.45, 2.75) is 20.0 Å². The van der Waals surface area contributed by atoms with E-state index in [4.69, 9.17) is 5.73 Å². The van der Waals surface area contributed by atoms with E-state index in [-0.39, 0.29) is 0 Å². The van der Waals surface area contributed by atoms with Gasteiger partial charge in [0.1, 0.15) is 12.1 Å². The van der Waals surface area contributed by atoms with Crippen LogP contribution in [0.4, 0.5) is 41.7 Å². The molecule has 3 aromatic carbocycles. The van der Waals surface area contributed by atoms with Crippen LogP contribution in [0.25, 0.3) is 11.3 Å². The first-order valence-corrected chi connectivity index (χ1v) is 10.2. The Morgan fingerprint density at radius 2 is 1.52 bits per heavy atom. The molecule has 33 heavy (non-hydrogen) atoms. The number of nitrogens with one attached hydrogen (secondary N) is 2. The monoisotopic (exact) mass is 449 g/mol. The van der Waals surface area contributed by atoms with E-state index in [0.717, 1.165) is 45.9 Å². The van der Waals surface area contributed by atoms with Crippen LogP contribution in [-0.2, 0) is 6.18 Å². The van der Waals surface area contributed by atoms with Gasteiger partial charge in [-0.1, -0.05) is 18.2 Å². The number of rotatable bonds is 5. The van der Waals surface area contributed by atoms with E-state index in [9.17, 15) is 13.2 Å². The molecule has 1 heterocycles. The molecule has 0 atom stereocenters. The molecule has 1 aromatic heterocycles. The highest BCUT2D eigenvalue weighted by atomic mass is 19.4. The summed E-state index contributed by atoms with van der Waals surface area (Å²) in [5.74, 6) is 0.467. The summed E-state index contributed by atoms with van der Waals surface area (Å²) in [6.07, 6.45) is -2.96. The summed E-state index contributed by atoms with van der Waals surface area (Å²) in [6, 6.07) is 18.1. The third-order valence-corrected chi connectivity index (χ3v) is 5.45. The van der Waals surface area contributed by atoms with Gasteiger partial charge >= 0.3 is 6.18 Å². The zero-order chi connectivity index (χ0) is 23.6. The van der Waals surface area contributed by atoms with Gasteiger partial charge in [0.2, 0.25) is 0 Å². The van der Waals surface area contributed by atoms with Crippen molar-refractivity contribution < 1.29 is 13.2 Å². The molecule has 0 unspecified atom stereocenters. The molecular weight excluding hydrogens is 427 g/mol. The molecule has 0 aliphatic carbocycles. The normalized spacial score (nSPS) is 11.3. The van der Waals surface area contributed by atoms with Gasteiger partial charge in [0.25, 0.3) is 0 Å². The Hall–Kier alpha value is -4.07. The maximum Gasteiger partial charge on any atom is 0.416 e. The van der Waals surface area contributed by atoms with Crippen LogP contribution in [-0.4, -0.2) is 9.97 Å². The second-order valence-corrected chi connectivity index (χ2v) is 7.61. The molecule has 5 nitrogen and oxygen atoms in total. The predicted octanol–water partition coefficient (Wildman–Crippen LogP) is 6.85. The smallest absolute Gasteiger partial charge is 0.399 e. The number of benzene rings is 3. The van der Waals surface area contributed by atoms with Gasteiger partial charge in [-0.3, -0.25) is 0 Å². The summed E-state index contributed by atoms with van der Waals surface area (Å²) in [5, 5.41) is 6.49. The Morgan fingerprint density at radius 3 is 2.24 bits per heavy atom. The van der Waals surface area contributed by atoms with Gasteiger partial charge in [-0.25, -0.2) is 9.97 Å². The van der Waals surface area contributed by atoms with Crippen LogP contribution >= 0.6 is 0 Å². The quantitative estimate of drug-likeness (QED) is 0.291. The van der Waals surface area contributed by atoms with Gasteiger partial charge in [0.15, 0.2) is 0 Å². The minimum atomic E-state index is -4.38. The Morgan fingerprint density at radius 1 is 0.788 bits per heavy atom. The van der Waals surface area contributed by atoms with E-state index >= 15 is 0 Å². The fourth-order valence-electron chi connectivity index (χ4n) is 3.40. The molecule has 0 saturated heterocycles. The van der Waals surface area contributed by atoms with Crippen LogP contribution in [0.5, 0.6) is 0 Å². The average molecular weight is 449 g/mol. The van der Waals surface area contributed by atoms with Gasteiger partial charge < -0.3 is 16.4 Å². The number of anilines is 5. The fourth-order valence-corrected chi connectivity index (χ4v) is 3.40. The van der Waals surface area contributed by atoms with Crippen molar-refractivity contribution in [2.24, 2.45) is 0 Å². The number of nitrogens with two attached hydrogens (primary N) is 1. The van der Waals surface area contributed by atoms with Crippen molar-refractivity contribution in [1.82, 2.24) is 9.97 Å². The standard InChI is InChI=1S/C25H22F3N5/c1-15-16(2)21(12-11-20(15)29)33-22-6-4-3-5-19(22)23-13-24(31-14-30-23)32-18-9-7-17(8-10-18)25(26,27)28/h3-14,33H,29H2,1-2H3,(H,30,31,32). The van der Waals surface area contributed by atoms with E-state index in [2.05, 4.69) is 20.6 Å². The molecule has 4 rings (SSSR count). The molecule has 0 aliphatic rings. The lowest BCUT2D eigenvalue weighted by molar-refractivity contribution is -0.137. The molecule has 0 bridgehead atoms. The van der Waals surface area contributed by atoms with Gasteiger partial charge in [-0.15, -0.1) is 0 Å². The van der Waals surface area contributed by atoms with Crippen LogP contribution in [0.2, 0.25) is 0 Å². The number of hydrogen-bond donors (Lipinski definition) is 3. The largest absolute Gasteiger partial charge is 0.416 e. The predicted molar refractivity (Wildman–Crippen MR) is 126 cm³/mol. The van der Waals surface area contributed by atoms with Crippen LogP contribution in [0.3, 0.4) is 0 Å². The first-order chi connectivity index (χ1) is 15.7. The maximum absolute atomic E-state index is 12.8. The Bertz CT molecular complexity index is 1280. The molecule has 0 fully saturated rings. The molecule has 0 amide bonds. The molecule has 0 saturated carbocycles. The van der Waals surface area contributed by atoms with Gasteiger partial charge in [0.05, 0.1) is 11.3 Å². The van der Waals surface area contributed by atoms with Crippen molar-refractivity contribution >= 4 is 28.6 Å². The second kappa shape index (κ2) is 8.82. The molecule has 8 heteroatoms. The van der Waals surface area contributed by atoms with E-state index in [1.807, 2.05) is 50.2 Å². The fraction of sp³-hybridized carbons (Fsp3) is 0.120. The van der Waals surface area contributed by atoms with Crippen LogP contribution < -0.4 is 16.4 Å². The number of alkyl halides is 3. The zero-order valence-electron chi connectivity index (χ0n) is 18.0. The van der Waals surface area contributed by atoms with Crippen molar-refractivity contribution in [2.75, 3.05) is 16.4 Å². The van der Waals surface area contributed by atoms with Crippen molar-refractivity contribution in [3.8, 4) is 11.3 Å². The number of nitrogens with zero attached hydrogens (tertiary/aromatic N) is 2. The summed E-state index contributed by atoms with van der Waals surface area (Å²) in [7, 11) is 0. The van der Waals surface area contributed by atoms with Crippen molar-refractivity contribution in [3.05, 3.63) is 89.7 Å². The lowest BCUT2D eigenvalue weighted by atomic mass is 10.0. The molecule has 0 spiro atoms. The van der Waals surface area contributed by atoms with Gasteiger partial charge in [0, 0.05) is 34.4 Å². The average Bonchev–Trinajstić information content (AvgIpc) is 2.80. The topological polar surface area (TPSA) is 75.9 Å². The van der Waals surface area contributed by atoms with E-state index < -0.39 is 11.7 Å². The van der Waals surface area contributed by atoms with E-state index in [0.29, 0.717) is 17.2 Å². The lowest BCUT2D eigenvalue weighted by Gasteiger charge is -2.16. The minimum absolute atomic E-state index is 0.467.